The van der Waals surface area contributed by atoms with Gasteiger partial charge in [-0.2, -0.15) is 0 Å². The van der Waals surface area contributed by atoms with Crippen LogP contribution in [0.15, 0.2) is 0 Å². The maximum absolute atomic E-state index is 11.3. The normalized spacial score (nSPS) is 13.5. The summed E-state index contributed by atoms with van der Waals surface area (Å²) >= 11 is 0. The average molecular weight is 236 g/mol. The van der Waals surface area contributed by atoms with Crippen LogP contribution in [0.1, 0.15) is 26.2 Å². The number of carbonyl (C=O) groups excluding carboxylic acids is 1. The molecule has 6 heteroatoms. The quantitative estimate of drug-likeness (QED) is 0.633. The van der Waals surface area contributed by atoms with E-state index in [2.05, 4.69) is 5.32 Å². The molecule has 0 fully saturated rings. The van der Waals surface area contributed by atoms with Crippen molar-refractivity contribution < 1.29 is 13.2 Å². The van der Waals surface area contributed by atoms with Gasteiger partial charge in [-0.15, -0.1) is 0 Å². The van der Waals surface area contributed by atoms with E-state index in [0.717, 1.165) is 19.1 Å². The molecule has 1 unspecified atom stereocenters. The van der Waals surface area contributed by atoms with Crippen LogP contribution in [0.4, 0.5) is 0 Å². The first-order valence-electron chi connectivity index (χ1n) is 5.06. The van der Waals surface area contributed by atoms with E-state index in [1.54, 1.807) is 0 Å². The highest BCUT2D eigenvalue weighted by Crippen LogP contribution is 1.96. The zero-order valence-corrected chi connectivity index (χ0v) is 10.1. The maximum atomic E-state index is 11.3. The molecule has 0 aliphatic rings. The van der Waals surface area contributed by atoms with Crippen molar-refractivity contribution in [3.05, 3.63) is 0 Å². The lowest BCUT2D eigenvalue weighted by Gasteiger charge is -2.15. The van der Waals surface area contributed by atoms with Crippen molar-refractivity contribution >= 4 is 15.7 Å². The molecule has 0 spiro atoms. The Morgan fingerprint density at radius 3 is 2.47 bits per heavy atom. The lowest BCUT2D eigenvalue weighted by atomic mass is 10.1. The second-order valence-corrected chi connectivity index (χ2v) is 5.93. The number of hydrogen-bond donors (Lipinski definition) is 2. The molecule has 1 atom stereocenters. The topological polar surface area (TPSA) is 89.3 Å². The molecular formula is C9H20N2O3S. The molecule has 0 aromatic carbocycles. The van der Waals surface area contributed by atoms with Gasteiger partial charge < -0.3 is 11.1 Å². The molecule has 1 amide bonds. The molecule has 0 aliphatic carbocycles. The van der Waals surface area contributed by atoms with E-state index in [0.29, 0.717) is 6.54 Å². The van der Waals surface area contributed by atoms with Gasteiger partial charge in [-0.25, -0.2) is 8.42 Å². The van der Waals surface area contributed by atoms with Crippen LogP contribution in [0.3, 0.4) is 0 Å². The number of carbonyl (C=O) groups is 1. The molecule has 0 heterocycles. The zero-order chi connectivity index (χ0) is 11.9. The van der Waals surface area contributed by atoms with E-state index in [1.807, 2.05) is 6.92 Å². The van der Waals surface area contributed by atoms with Crippen LogP contribution < -0.4 is 11.1 Å². The van der Waals surface area contributed by atoms with Crippen molar-refractivity contribution in [1.82, 2.24) is 5.32 Å². The summed E-state index contributed by atoms with van der Waals surface area (Å²) in [6.45, 7) is 2.39. The minimum Gasteiger partial charge on any atom is -0.352 e. The molecule has 15 heavy (non-hydrogen) atoms. The molecule has 0 aromatic heterocycles. The minimum absolute atomic E-state index is 0.0129. The molecule has 90 valence electrons. The maximum Gasteiger partial charge on any atom is 0.221 e. The molecule has 0 rings (SSSR count). The third kappa shape index (κ3) is 8.38. The highest BCUT2D eigenvalue weighted by molar-refractivity contribution is 7.90. The van der Waals surface area contributed by atoms with Crippen LogP contribution in [0.2, 0.25) is 0 Å². The van der Waals surface area contributed by atoms with E-state index >= 15 is 0 Å². The van der Waals surface area contributed by atoms with E-state index in [9.17, 15) is 13.2 Å². The fraction of sp³-hybridized carbons (Fsp3) is 0.889. The number of rotatable bonds is 7. The molecule has 5 nitrogen and oxygen atoms in total. The minimum atomic E-state index is -3.07. The van der Waals surface area contributed by atoms with Gasteiger partial charge in [-0.3, -0.25) is 4.79 Å². The molecule has 0 bridgehead atoms. The van der Waals surface area contributed by atoms with Crippen LogP contribution in [-0.4, -0.2) is 38.9 Å². The van der Waals surface area contributed by atoms with Gasteiger partial charge in [0.15, 0.2) is 0 Å². The Morgan fingerprint density at radius 1 is 1.47 bits per heavy atom. The number of sulfone groups is 1. The van der Waals surface area contributed by atoms with Gasteiger partial charge in [-0.05, 0) is 6.42 Å². The smallest absolute Gasteiger partial charge is 0.221 e. The Kier molecular flexibility index (Phi) is 6.51. The molecule has 0 radical (unpaired) electrons. The van der Waals surface area contributed by atoms with Gasteiger partial charge in [0, 0.05) is 25.3 Å². The monoisotopic (exact) mass is 236 g/mol. The summed E-state index contributed by atoms with van der Waals surface area (Å²) in [6, 6.07) is -0.0398. The predicted octanol–water partition coefficient (Wildman–Crippen LogP) is -0.335. The van der Waals surface area contributed by atoms with Gasteiger partial charge in [0.25, 0.3) is 0 Å². The highest BCUT2D eigenvalue weighted by atomic mass is 32.2. The first-order valence-corrected chi connectivity index (χ1v) is 7.12. The summed E-state index contributed by atoms with van der Waals surface area (Å²) in [5, 5.41) is 2.71. The third-order valence-electron chi connectivity index (χ3n) is 1.99. The molecule has 0 saturated carbocycles. The van der Waals surface area contributed by atoms with Gasteiger partial charge in [0.05, 0.1) is 5.75 Å². The number of nitrogens with one attached hydrogen (secondary N) is 1. The van der Waals surface area contributed by atoms with Gasteiger partial charge in [0.1, 0.15) is 9.84 Å². The lowest BCUT2D eigenvalue weighted by molar-refractivity contribution is -0.121. The second-order valence-electron chi connectivity index (χ2n) is 3.67. The van der Waals surface area contributed by atoms with Gasteiger partial charge >= 0.3 is 0 Å². The number of nitrogens with two attached hydrogens (primary N) is 1. The first kappa shape index (κ1) is 14.4. The van der Waals surface area contributed by atoms with Crippen molar-refractivity contribution in [3.8, 4) is 0 Å². The van der Waals surface area contributed by atoms with E-state index in [1.165, 1.54) is 0 Å². The molecule has 0 saturated heterocycles. The number of amides is 1. The molecule has 0 aliphatic heterocycles. The molecule has 3 N–H and O–H groups in total. The van der Waals surface area contributed by atoms with Crippen LogP contribution in [0, 0.1) is 0 Å². The van der Waals surface area contributed by atoms with Gasteiger partial charge in [-0.1, -0.05) is 13.3 Å². The Balaban J connectivity index is 3.91. The fourth-order valence-electron chi connectivity index (χ4n) is 1.18. The van der Waals surface area contributed by atoms with Crippen LogP contribution in [0.25, 0.3) is 0 Å². The summed E-state index contributed by atoms with van der Waals surface area (Å²) in [5.41, 5.74) is 5.46. The summed E-state index contributed by atoms with van der Waals surface area (Å²) in [4.78, 5) is 11.3. The zero-order valence-electron chi connectivity index (χ0n) is 9.32. The highest BCUT2D eigenvalue weighted by Gasteiger charge is 2.11. The predicted molar refractivity (Wildman–Crippen MR) is 60.2 cm³/mol. The Labute approximate surface area is 91.3 Å². The van der Waals surface area contributed by atoms with Crippen molar-refractivity contribution in [2.24, 2.45) is 5.73 Å². The van der Waals surface area contributed by atoms with Crippen molar-refractivity contribution in [2.45, 2.75) is 32.2 Å². The van der Waals surface area contributed by atoms with Crippen molar-refractivity contribution in [3.63, 3.8) is 0 Å². The molecular weight excluding hydrogens is 216 g/mol. The van der Waals surface area contributed by atoms with E-state index in [4.69, 9.17) is 5.73 Å². The SMILES string of the molecule is CCCC(CN)NC(=O)CCS(C)(=O)=O. The fourth-order valence-corrected chi connectivity index (χ4v) is 1.73. The standard InChI is InChI=1S/C9H20N2O3S/c1-3-4-8(7-10)11-9(12)5-6-15(2,13)14/h8H,3-7,10H2,1-2H3,(H,11,12). The summed E-state index contributed by atoms with van der Waals surface area (Å²) in [5.74, 6) is -0.355. The Bertz CT molecular complexity index is 288. The summed E-state index contributed by atoms with van der Waals surface area (Å²) in [7, 11) is -3.07. The van der Waals surface area contributed by atoms with Gasteiger partial charge in [0.2, 0.25) is 5.91 Å². The first-order chi connectivity index (χ1) is 6.89. The van der Waals surface area contributed by atoms with Crippen LogP contribution in [-0.2, 0) is 14.6 Å². The Morgan fingerprint density at radius 2 is 2.07 bits per heavy atom. The number of hydrogen-bond acceptors (Lipinski definition) is 4. The van der Waals surface area contributed by atoms with Crippen LogP contribution in [0.5, 0.6) is 0 Å². The third-order valence-corrected chi connectivity index (χ3v) is 2.93. The largest absolute Gasteiger partial charge is 0.352 e. The van der Waals surface area contributed by atoms with Crippen molar-refractivity contribution in [1.29, 1.82) is 0 Å². The van der Waals surface area contributed by atoms with Crippen molar-refractivity contribution in [2.75, 3.05) is 18.6 Å². The van der Waals surface area contributed by atoms with E-state index in [-0.39, 0.29) is 24.1 Å². The summed E-state index contributed by atoms with van der Waals surface area (Å²) < 4.78 is 21.6. The molecule has 0 aromatic rings. The Hall–Kier alpha value is -0.620. The van der Waals surface area contributed by atoms with Crippen LogP contribution >= 0.6 is 0 Å². The summed E-state index contributed by atoms with van der Waals surface area (Å²) in [6.07, 6.45) is 2.89. The lowest BCUT2D eigenvalue weighted by Crippen LogP contribution is -2.40. The average Bonchev–Trinajstić information content (AvgIpc) is 2.13. The second kappa shape index (κ2) is 6.79. The van der Waals surface area contributed by atoms with E-state index < -0.39 is 9.84 Å².